The fourth-order valence-electron chi connectivity index (χ4n) is 4.04. The van der Waals surface area contributed by atoms with Gasteiger partial charge in [-0.1, -0.05) is 30.4 Å². The van der Waals surface area contributed by atoms with Gasteiger partial charge in [-0.05, 0) is 42.7 Å². The molecule has 2 bridgehead atoms. The highest BCUT2D eigenvalue weighted by atomic mass is 16.5. The van der Waals surface area contributed by atoms with Crippen LogP contribution in [0.5, 0.6) is 5.75 Å². The van der Waals surface area contributed by atoms with E-state index in [1.54, 1.807) is 7.11 Å². The molecule has 5 heteroatoms. The largest absolute Gasteiger partial charge is 0.496 e. The van der Waals surface area contributed by atoms with Crippen molar-refractivity contribution in [2.45, 2.75) is 19.3 Å². The second-order valence-electron chi connectivity index (χ2n) is 6.53. The van der Waals surface area contributed by atoms with E-state index in [-0.39, 0.29) is 17.7 Å². The van der Waals surface area contributed by atoms with Crippen molar-refractivity contribution >= 4 is 11.9 Å². The minimum Gasteiger partial charge on any atom is -0.496 e. The number of methoxy groups -OCH3 is 1. The van der Waals surface area contributed by atoms with Crippen molar-refractivity contribution in [1.29, 1.82) is 0 Å². The number of carboxylic acids is 1. The molecule has 0 heterocycles. The van der Waals surface area contributed by atoms with Gasteiger partial charge in [-0.2, -0.15) is 0 Å². The first-order chi connectivity index (χ1) is 11.6. The van der Waals surface area contributed by atoms with Gasteiger partial charge < -0.3 is 15.2 Å². The third-order valence-corrected chi connectivity index (χ3v) is 5.22. The van der Waals surface area contributed by atoms with Crippen molar-refractivity contribution in [1.82, 2.24) is 5.32 Å². The third kappa shape index (κ3) is 3.16. The molecule has 4 rings (SSSR count). The summed E-state index contributed by atoms with van der Waals surface area (Å²) in [5.41, 5.74) is 1.03. The zero-order valence-corrected chi connectivity index (χ0v) is 13.8. The molecule has 0 radical (unpaired) electrons. The number of amides is 1. The van der Waals surface area contributed by atoms with Crippen LogP contribution in [0.4, 0.5) is 0 Å². The van der Waals surface area contributed by atoms with Gasteiger partial charge in [0.2, 0.25) is 5.91 Å². The summed E-state index contributed by atoms with van der Waals surface area (Å²) in [7, 11) is 1.62. The second-order valence-corrected chi connectivity index (χ2v) is 6.53. The molecule has 2 N–H and O–H groups in total. The first-order valence-corrected chi connectivity index (χ1v) is 8.42. The van der Waals surface area contributed by atoms with Crippen LogP contribution in [0.2, 0.25) is 0 Å². The SMILES string of the molecule is COc1ccccc1CCNC(=O)[C@@H]1[C@H](C(=O)O)[C@H]2C=C[C@H]1CC2. The quantitative estimate of drug-likeness (QED) is 0.785. The summed E-state index contributed by atoms with van der Waals surface area (Å²) in [5, 5.41) is 12.5. The number of benzene rings is 1. The van der Waals surface area contributed by atoms with E-state index in [1.807, 2.05) is 36.4 Å². The van der Waals surface area contributed by atoms with Crippen LogP contribution < -0.4 is 10.1 Å². The number of ether oxygens (including phenoxy) is 1. The number of carbonyl (C=O) groups is 2. The van der Waals surface area contributed by atoms with E-state index < -0.39 is 17.8 Å². The first-order valence-electron chi connectivity index (χ1n) is 8.42. The highest BCUT2D eigenvalue weighted by Gasteiger charge is 2.47. The van der Waals surface area contributed by atoms with Gasteiger partial charge >= 0.3 is 5.97 Å². The summed E-state index contributed by atoms with van der Waals surface area (Å²) in [6.45, 7) is 0.475. The Morgan fingerprint density at radius 1 is 1.17 bits per heavy atom. The highest BCUT2D eigenvalue weighted by molar-refractivity contribution is 5.86. The molecule has 0 aliphatic heterocycles. The molecular weight excluding hydrogens is 306 g/mol. The number of aliphatic carboxylic acids is 1. The normalized spacial score (nSPS) is 27.7. The lowest BCUT2D eigenvalue weighted by atomic mass is 9.62. The Bertz CT molecular complexity index is 655. The topological polar surface area (TPSA) is 75.6 Å². The third-order valence-electron chi connectivity index (χ3n) is 5.22. The molecule has 0 aromatic heterocycles. The summed E-state index contributed by atoms with van der Waals surface area (Å²) in [6, 6.07) is 7.70. The molecule has 1 aromatic rings. The molecule has 0 spiro atoms. The molecule has 3 aliphatic carbocycles. The van der Waals surface area contributed by atoms with Gasteiger partial charge in [0.1, 0.15) is 5.75 Å². The maximum Gasteiger partial charge on any atom is 0.307 e. The molecule has 0 unspecified atom stereocenters. The number of hydrogen-bond acceptors (Lipinski definition) is 3. The zero-order valence-electron chi connectivity index (χ0n) is 13.8. The van der Waals surface area contributed by atoms with E-state index in [1.165, 1.54) is 0 Å². The minimum absolute atomic E-state index is 0.0162. The van der Waals surface area contributed by atoms with Crippen LogP contribution in [-0.4, -0.2) is 30.6 Å². The van der Waals surface area contributed by atoms with Crippen molar-refractivity contribution in [2.75, 3.05) is 13.7 Å². The molecule has 1 amide bonds. The molecule has 128 valence electrons. The van der Waals surface area contributed by atoms with Gasteiger partial charge in [-0.3, -0.25) is 9.59 Å². The Morgan fingerprint density at radius 2 is 1.83 bits per heavy atom. The van der Waals surface area contributed by atoms with Crippen molar-refractivity contribution in [3.05, 3.63) is 42.0 Å². The number of para-hydroxylation sites is 1. The van der Waals surface area contributed by atoms with Gasteiger partial charge in [0, 0.05) is 6.54 Å². The van der Waals surface area contributed by atoms with Crippen LogP contribution in [0.3, 0.4) is 0 Å². The predicted octanol–water partition coefficient (Wildman–Crippen LogP) is 2.27. The van der Waals surface area contributed by atoms with Crippen molar-refractivity contribution in [3.8, 4) is 5.75 Å². The average Bonchev–Trinajstić information content (AvgIpc) is 2.62. The summed E-state index contributed by atoms with van der Waals surface area (Å²) in [5.74, 6) is -1.23. The fourth-order valence-corrected chi connectivity index (χ4v) is 4.04. The smallest absolute Gasteiger partial charge is 0.307 e. The van der Waals surface area contributed by atoms with Crippen LogP contribution in [0.25, 0.3) is 0 Å². The molecule has 1 saturated carbocycles. The lowest BCUT2D eigenvalue weighted by Crippen LogP contribution is -2.49. The van der Waals surface area contributed by atoms with Gasteiger partial charge in [-0.15, -0.1) is 0 Å². The second kappa shape index (κ2) is 7.07. The van der Waals surface area contributed by atoms with Crippen LogP contribution >= 0.6 is 0 Å². The number of fused-ring (bicyclic) bond motifs is 2. The molecule has 0 saturated heterocycles. The zero-order chi connectivity index (χ0) is 17.1. The first kappa shape index (κ1) is 16.6. The Morgan fingerprint density at radius 3 is 2.46 bits per heavy atom. The van der Waals surface area contributed by atoms with Crippen molar-refractivity contribution < 1.29 is 19.4 Å². The van der Waals surface area contributed by atoms with E-state index in [0.717, 1.165) is 24.2 Å². The summed E-state index contributed by atoms with van der Waals surface area (Å²) in [4.78, 5) is 24.2. The number of carboxylic acid groups (broad SMARTS) is 1. The standard InChI is InChI=1S/C19H23NO4/c1-24-15-5-3-2-4-12(15)10-11-20-18(21)16-13-6-8-14(9-7-13)17(16)19(22)23/h2-6,8,13-14,16-17H,7,9-11H2,1H3,(H,20,21)(H,22,23)/t13-,14-,16-,17+/m0/s1. The summed E-state index contributed by atoms with van der Waals surface area (Å²) >= 11 is 0. The Balaban J connectivity index is 1.62. The maximum absolute atomic E-state index is 12.6. The summed E-state index contributed by atoms with van der Waals surface area (Å²) in [6.07, 6.45) is 6.42. The van der Waals surface area contributed by atoms with E-state index in [9.17, 15) is 14.7 Å². The van der Waals surface area contributed by atoms with E-state index >= 15 is 0 Å². The fraction of sp³-hybridized carbons (Fsp3) is 0.474. The molecule has 1 aromatic carbocycles. The lowest BCUT2D eigenvalue weighted by Gasteiger charge is -2.41. The van der Waals surface area contributed by atoms with Crippen LogP contribution in [0.15, 0.2) is 36.4 Å². The number of hydrogen-bond donors (Lipinski definition) is 2. The number of rotatable bonds is 6. The molecule has 24 heavy (non-hydrogen) atoms. The highest BCUT2D eigenvalue weighted by Crippen LogP contribution is 2.45. The van der Waals surface area contributed by atoms with E-state index in [0.29, 0.717) is 13.0 Å². The average molecular weight is 329 g/mol. The van der Waals surface area contributed by atoms with Crippen molar-refractivity contribution in [2.24, 2.45) is 23.7 Å². The Kier molecular flexibility index (Phi) is 4.88. The summed E-state index contributed by atoms with van der Waals surface area (Å²) < 4.78 is 5.31. The maximum atomic E-state index is 12.6. The molecular formula is C19H23NO4. The van der Waals surface area contributed by atoms with Crippen molar-refractivity contribution in [3.63, 3.8) is 0 Å². The van der Waals surface area contributed by atoms with Gasteiger partial charge in [0.05, 0.1) is 18.9 Å². The van der Waals surface area contributed by atoms with Gasteiger partial charge in [0.15, 0.2) is 0 Å². The molecule has 5 nitrogen and oxygen atoms in total. The number of carbonyl (C=O) groups excluding carboxylic acids is 1. The van der Waals surface area contributed by atoms with E-state index in [2.05, 4.69) is 5.32 Å². The Hall–Kier alpha value is -2.30. The van der Waals surface area contributed by atoms with Gasteiger partial charge in [-0.25, -0.2) is 0 Å². The van der Waals surface area contributed by atoms with E-state index in [4.69, 9.17) is 4.74 Å². The monoisotopic (exact) mass is 329 g/mol. The number of allylic oxidation sites excluding steroid dienone is 2. The van der Waals surface area contributed by atoms with Crippen LogP contribution in [0, 0.1) is 23.7 Å². The van der Waals surface area contributed by atoms with Crippen LogP contribution in [-0.2, 0) is 16.0 Å². The minimum atomic E-state index is -0.862. The predicted molar refractivity (Wildman–Crippen MR) is 89.7 cm³/mol. The number of nitrogens with one attached hydrogen (secondary N) is 1. The Labute approximate surface area is 141 Å². The van der Waals surface area contributed by atoms with Crippen LogP contribution in [0.1, 0.15) is 18.4 Å². The lowest BCUT2D eigenvalue weighted by molar-refractivity contribution is -0.152. The molecule has 3 aliphatic rings. The van der Waals surface area contributed by atoms with Gasteiger partial charge in [0.25, 0.3) is 0 Å². The molecule has 4 atom stereocenters. The molecule has 1 fully saturated rings.